The van der Waals surface area contributed by atoms with Gasteiger partial charge in [-0.15, -0.1) is 0 Å². The Balaban J connectivity index is 1.73. The Bertz CT molecular complexity index is 1160. The molecule has 3 rings (SSSR count). The number of hydrogen-bond donors (Lipinski definition) is 6. The van der Waals surface area contributed by atoms with Crippen molar-refractivity contribution in [2.24, 2.45) is 5.73 Å². The Morgan fingerprint density at radius 1 is 0.882 bits per heavy atom. The molecule has 3 amide bonds. The van der Waals surface area contributed by atoms with Crippen molar-refractivity contribution < 1.29 is 24.3 Å². The number of fused-ring (bicyclic) bond motifs is 1. The molecule has 34 heavy (non-hydrogen) atoms. The number of carbonyl (C=O) groups is 4. The van der Waals surface area contributed by atoms with Crippen LogP contribution in [0.1, 0.15) is 11.1 Å². The normalized spacial score (nSPS) is 12.5. The number of benzene rings is 2. The van der Waals surface area contributed by atoms with Crippen molar-refractivity contribution >= 4 is 34.6 Å². The van der Waals surface area contributed by atoms with Crippen LogP contribution in [0.5, 0.6) is 0 Å². The summed E-state index contributed by atoms with van der Waals surface area (Å²) in [6, 6.07) is 14.2. The van der Waals surface area contributed by atoms with Crippen molar-refractivity contribution in [3.63, 3.8) is 0 Å². The lowest BCUT2D eigenvalue weighted by Crippen LogP contribution is -2.54. The number of carbonyl (C=O) groups excluding carboxylic acids is 3. The van der Waals surface area contributed by atoms with Crippen LogP contribution in [0.2, 0.25) is 0 Å². The second kappa shape index (κ2) is 11.6. The zero-order valence-corrected chi connectivity index (χ0v) is 18.4. The maximum atomic E-state index is 13.1. The third kappa shape index (κ3) is 6.66. The maximum absolute atomic E-state index is 13.1. The lowest BCUT2D eigenvalue weighted by molar-refractivity contribution is -0.142. The van der Waals surface area contributed by atoms with Gasteiger partial charge in [-0.2, -0.15) is 0 Å². The molecule has 0 aliphatic rings. The van der Waals surface area contributed by atoms with E-state index in [1.54, 1.807) is 30.5 Å². The van der Waals surface area contributed by atoms with Crippen LogP contribution < -0.4 is 21.7 Å². The molecule has 0 bridgehead atoms. The molecule has 3 aromatic rings. The first-order valence-corrected chi connectivity index (χ1v) is 10.8. The predicted molar refractivity (Wildman–Crippen MR) is 126 cm³/mol. The number of aromatic amines is 1. The second-order valence-electron chi connectivity index (χ2n) is 7.75. The highest BCUT2D eigenvalue weighted by molar-refractivity contribution is 5.92. The van der Waals surface area contributed by atoms with E-state index in [2.05, 4.69) is 20.9 Å². The molecule has 0 saturated heterocycles. The van der Waals surface area contributed by atoms with Crippen LogP contribution in [-0.2, 0) is 32.0 Å². The Kier molecular flexibility index (Phi) is 8.36. The molecule has 0 saturated carbocycles. The number of para-hydroxylation sites is 1. The van der Waals surface area contributed by atoms with Crippen LogP contribution >= 0.6 is 0 Å². The summed E-state index contributed by atoms with van der Waals surface area (Å²) in [5.41, 5.74) is 7.60. The third-order valence-corrected chi connectivity index (χ3v) is 5.28. The van der Waals surface area contributed by atoms with E-state index in [-0.39, 0.29) is 25.9 Å². The maximum Gasteiger partial charge on any atom is 0.326 e. The van der Waals surface area contributed by atoms with Gasteiger partial charge in [-0.25, -0.2) is 4.79 Å². The Labute approximate surface area is 195 Å². The van der Waals surface area contributed by atoms with Crippen LogP contribution in [0.15, 0.2) is 60.8 Å². The lowest BCUT2D eigenvalue weighted by atomic mass is 10.0. The molecule has 0 fully saturated rings. The topological polar surface area (TPSA) is 166 Å². The van der Waals surface area contributed by atoms with E-state index in [0.717, 1.165) is 22.0 Å². The average Bonchev–Trinajstić information content (AvgIpc) is 3.25. The molecule has 0 radical (unpaired) electrons. The van der Waals surface area contributed by atoms with Gasteiger partial charge >= 0.3 is 5.97 Å². The summed E-state index contributed by atoms with van der Waals surface area (Å²) in [6.45, 7) is -0.623. The monoisotopic (exact) mass is 465 g/mol. The number of carboxylic acid groups (broad SMARTS) is 1. The summed E-state index contributed by atoms with van der Waals surface area (Å²) in [7, 11) is 0. The molecule has 0 aliphatic heterocycles. The fourth-order valence-corrected chi connectivity index (χ4v) is 3.55. The van der Waals surface area contributed by atoms with E-state index in [9.17, 15) is 24.3 Å². The Morgan fingerprint density at radius 3 is 2.29 bits per heavy atom. The lowest BCUT2D eigenvalue weighted by Gasteiger charge is -2.22. The highest BCUT2D eigenvalue weighted by Gasteiger charge is 2.27. The molecule has 0 aliphatic carbocycles. The van der Waals surface area contributed by atoms with Crippen LogP contribution in [0.4, 0.5) is 0 Å². The summed E-state index contributed by atoms with van der Waals surface area (Å²) in [6.07, 6.45) is 1.92. The molecule has 178 valence electrons. The van der Waals surface area contributed by atoms with Crippen molar-refractivity contribution in [3.05, 3.63) is 71.9 Å². The van der Waals surface area contributed by atoms with Gasteiger partial charge in [0.05, 0.1) is 13.1 Å². The molecule has 7 N–H and O–H groups in total. The number of aromatic nitrogens is 1. The summed E-state index contributed by atoms with van der Waals surface area (Å²) in [5.74, 6) is -2.95. The fraction of sp³-hybridized carbons (Fsp3) is 0.250. The number of hydrogen-bond acceptors (Lipinski definition) is 5. The van der Waals surface area contributed by atoms with Gasteiger partial charge < -0.3 is 31.8 Å². The zero-order valence-electron chi connectivity index (χ0n) is 18.4. The van der Waals surface area contributed by atoms with Gasteiger partial charge in [0.15, 0.2) is 0 Å². The molecule has 1 aromatic heterocycles. The van der Waals surface area contributed by atoms with Crippen LogP contribution in [0.3, 0.4) is 0 Å². The molecular formula is C24H27N5O5. The summed E-state index contributed by atoms with van der Waals surface area (Å²) in [4.78, 5) is 51.8. The quantitative estimate of drug-likeness (QED) is 0.235. The Morgan fingerprint density at radius 2 is 1.59 bits per heavy atom. The van der Waals surface area contributed by atoms with Crippen molar-refractivity contribution in [2.75, 3.05) is 13.1 Å². The fourth-order valence-electron chi connectivity index (χ4n) is 3.55. The molecule has 10 nitrogen and oxygen atoms in total. The number of rotatable bonds is 11. The summed E-state index contributed by atoms with van der Waals surface area (Å²) in [5, 5.41) is 18.1. The third-order valence-electron chi connectivity index (χ3n) is 5.28. The first-order chi connectivity index (χ1) is 16.4. The van der Waals surface area contributed by atoms with E-state index in [1.807, 2.05) is 30.3 Å². The number of nitrogens with one attached hydrogen (secondary N) is 4. The van der Waals surface area contributed by atoms with Gasteiger partial charge in [-0.1, -0.05) is 48.5 Å². The van der Waals surface area contributed by atoms with E-state index in [4.69, 9.17) is 5.73 Å². The SMILES string of the molecule is NCC(=O)NCC(=O)NC(Cc1ccccc1)C(=O)NC(Cc1c[nH]c2ccccc12)C(=O)O. The number of aliphatic carboxylic acids is 1. The van der Waals surface area contributed by atoms with Gasteiger partial charge in [0.25, 0.3) is 0 Å². The molecule has 0 spiro atoms. The average molecular weight is 466 g/mol. The smallest absolute Gasteiger partial charge is 0.326 e. The van der Waals surface area contributed by atoms with Crippen molar-refractivity contribution in [2.45, 2.75) is 24.9 Å². The van der Waals surface area contributed by atoms with Crippen LogP contribution in [0, 0.1) is 0 Å². The number of H-pyrrole nitrogens is 1. The summed E-state index contributed by atoms with van der Waals surface area (Å²) >= 11 is 0. The van der Waals surface area contributed by atoms with Crippen LogP contribution in [0.25, 0.3) is 10.9 Å². The number of nitrogens with two attached hydrogens (primary N) is 1. The van der Waals surface area contributed by atoms with Crippen LogP contribution in [-0.4, -0.2) is 59.0 Å². The molecule has 2 aromatic carbocycles. The second-order valence-corrected chi connectivity index (χ2v) is 7.75. The minimum absolute atomic E-state index is 0.0592. The van der Waals surface area contributed by atoms with E-state index in [1.165, 1.54) is 0 Å². The minimum Gasteiger partial charge on any atom is -0.480 e. The zero-order chi connectivity index (χ0) is 24.5. The molecule has 2 unspecified atom stereocenters. The van der Waals surface area contributed by atoms with Crippen molar-refractivity contribution in [1.29, 1.82) is 0 Å². The first kappa shape index (κ1) is 24.5. The van der Waals surface area contributed by atoms with Gasteiger partial charge in [-0.05, 0) is 17.2 Å². The Hall–Kier alpha value is -4.18. The molecular weight excluding hydrogens is 438 g/mol. The van der Waals surface area contributed by atoms with E-state index in [0.29, 0.717) is 0 Å². The number of amides is 3. The first-order valence-electron chi connectivity index (χ1n) is 10.8. The van der Waals surface area contributed by atoms with Crippen molar-refractivity contribution in [3.8, 4) is 0 Å². The van der Waals surface area contributed by atoms with Crippen molar-refractivity contribution in [1.82, 2.24) is 20.9 Å². The van der Waals surface area contributed by atoms with Gasteiger partial charge in [0.2, 0.25) is 17.7 Å². The molecule has 1 heterocycles. The highest BCUT2D eigenvalue weighted by Crippen LogP contribution is 2.19. The largest absolute Gasteiger partial charge is 0.480 e. The standard InChI is InChI=1S/C24H27N5O5/c25-12-21(30)27-14-22(31)28-19(10-15-6-2-1-3-7-15)23(32)29-20(24(33)34)11-16-13-26-18-9-5-4-8-17(16)18/h1-9,13,19-20,26H,10-12,14,25H2,(H,27,30)(H,28,31)(H,29,32)(H,33,34). The van der Waals surface area contributed by atoms with Gasteiger partial charge in [-0.3, -0.25) is 14.4 Å². The molecule has 10 heteroatoms. The minimum atomic E-state index is -1.21. The van der Waals surface area contributed by atoms with Gasteiger partial charge in [0, 0.05) is 29.9 Å². The predicted octanol–water partition coefficient (Wildman–Crippen LogP) is 0.0822. The highest BCUT2D eigenvalue weighted by atomic mass is 16.4. The summed E-state index contributed by atoms with van der Waals surface area (Å²) < 4.78 is 0. The van der Waals surface area contributed by atoms with E-state index >= 15 is 0 Å². The van der Waals surface area contributed by atoms with E-state index < -0.39 is 35.8 Å². The van der Waals surface area contributed by atoms with Gasteiger partial charge in [0.1, 0.15) is 12.1 Å². The molecule has 2 atom stereocenters. The number of carboxylic acids is 1.